The van der Waals surface area contributed by atoms with Crippen molar-refractivity contribution in [2.24, 2.45) is 0 Å². The molecule has 1 aromatic heterocycles. The summed E-state index contributed by atoms with van der Waals surface area (Å²) in [5.41, 5.74) is 2.23. The summed E-state index contributed by atoms with van der Waals surface area (Å²) in [5.74, 6) is 1.13. The third-order valence-corrected chi connectivity index (χ3v) is 6.50. The third kappa shape index (κ3) is 5.28. The van der Waals surface area contributed by atoms with Crippen LogP contribution in [-0.2, 0) is 4.74 Å². The fourth-order valence-electron chi connectivity index (χ4n) is 4.57. The molecule has 0 radical (unpaired) electrons. The van der Waals surface area contributed by atoms with E-state index >= 15 is 0 Å². The standard InChI is InChI=1S/C29H32N4O5/c1-29(2,3)38-28(35)33-16-14-32(15-17-33)13-7-9-20-24(36-4)12-11-21-26(34)25(37-27(20)21)18-23-19-8-5-6-10-22(19)30-31-23/h5-12,18H,13-17H2,1-4H3,(H,30,31). The van der Waals surface area contributed by atoms with Crippen LogP contribution in [0.5, 0.6) is 11.5 Å². The number of carbonyl (C=O) groups excluding carboxylic acids is 2. The second kappa shape index (κ2) is 10.3. The molecule has 9 heteroatoms. The summed E-state index contributed by atoms with van der Waals surface area (Å²) in [7, 11) is 1.60. The van der Waals surface area contributed by atoms with Gasteiger partial charge in [-0.1, -0.05) is 30.4 Å². The van der Waals surface area contributed by atoms with E-state index in [4.69, 9.17) is 14.2 Å². The summed E-state index contributed by atoms with van der Waals surface area (Å²) in [5, 5.41) is 8.23. The minimum atomic E-state index is -0.504. The number of benzene rings is 2. The van der Waals surface area contributed by atoms with Crippen molar-refractivity contribution in [3.8, 4) is 11.5 Å². The van der Waals surface area contributed by atoms with Gasteiger partial charge in [0.15, 0.2) is 5.76 Å². The molecule has 0 bridgehead atoms. The highest BCUT2D eigenvalue weighted by molar-refractivity contribution is 6.15. The number of ether oxygens (including phenoxy) is 3. The highest BCUT2D eigenvalue weighted by atomic mass is 16.6. The lowest BCUT2D eigenvalue weighted by molar-refractivity contribution is 0.0154. The van der Waals surface area contributed by atoms with Gasteiger partial charge in [0.25, 0.3) is 0 Å². The second-order valence-corrected chi connectivity index (χ2v) is 10.3. The number of piperazine rings is 1. The maximum Gasteiger partial charge on any atom is 0.410 e. The number of hydrogen-bond acceptors (Lipinski definition) is 7. The molecule has 0 spiro atoms. The molecule has 198 valence electrons. The number of carbonyl (C=O) groups is 2. The zero-order valence-electron chi connectivity index (χ0n) is 22.1. The van der Waals surface area contributed by atoms with Gasteiger partial charge in [-0.3, -0.25) is 14.8 Å². The molecule has 3 heterocycles. The van der Waals surface area contributed by atoms with E-state index in [9.17, 15) is 9.59 Å². The molecule has 1 amide bonds. The highest BCUT2D eigenvalue weighted by Gasteiger charge is 2.31. The molecule has 2 aromatic carbocycles. The Hall–Kier alpha value is -4.11. The first-order valence-electron chi connectivity index (χ1n) is 12.7. The molecule has 0 unspecified atom stereocenters. The minimum absolute atomic E-state index is 0.192. The van der Waals surface area contributed by atoms with Crippen LogP contribution < -0.4 is 9.47 Å². The fourth-order valence-corrected chi connectivity index (χ4v) is 4.57. The van der Waals surface area contributed by atoms with Crippen LogP contribution in [0.3, 0.4) is 0 Å². The van der Waals surface area contributed by atoms with E-state index < -0.39 is 5.60 Å². The highest BCUT2D eigenvalue weighted by Crippen LogP contribution is 2.40. The monoisotopic (exact) mass is 516 g/mol. The van der Waals surface area contributed by atoms with Crippen LogP contribution in [0.1, 0.15) is 42.4 Å². The number of methoxy groups -OCH3 is 1. The van der Waals surface area contributed by atoms with Crippen molar-refractivity contribution in [1.29, 1.82) is 0 Å². The number of para-hydroxylation sites is 1. The number of aromatic nitrogens is 2. The van der Waals surface area contributed by atoms with Crippen LogP contribution in [0, 0.1) is 0 Å². The van der Waals surface area contributed by atoms with Gasteiger partial charge in [0.1, 0.15) is 17.1 Å². The predicted molar refractivity (Wildman–Crippen MR) is 145 cm³/mol. The predicted octanol–water partition coefficient (Wildman–Crippen LogP) is 4.75. The van der Waals surface area contributed by atoms with Crippen molar-refractivity contribution < 1.29 is 23.8 Å². The molecule has 2 aliphatic heterocycles. The molecule has 1 fully saturated rings. The molecular formula is C29H32N4O5. The van der Waals surface area contributed by atoms with Crippen molar-refractivity contribution in [2.75, 3.05) is 39.8 Å². The van der Waals surface area contributed by atoms with Crippen molar-refractivity contribution in [3.05, 3.63) is 65.1 Å². The number of rotatable bonds is 5. The molecule has 0 atom stereocenters. The molecule has 2 aliphatic rings. The van der Waals surface area contributed by atoms with Crippen molar-refractivity contribution >= 4 is 34.9 Å². The number of Topliss-reactive ketones (excluding diaryl/α,β-unsaturated/α-hetero) is 1. The minimum Gasteiger partial charge on any atom is -0.496 e. The van der Waals surface area contributed by atoms with Crippen molar-refractivity contribution in [3.63, 3.8) is 0 Å². The Kier molecular flexibility index (Phi) is 6.94. The first kappa shape index (κ1) is 25.5. The summed E-state index contributed by atoms with van der Waals surface area (Å²) in [6.07, 6.45) is 5.35. The molecule has 0 aliphatic carbocycles. The largest absolute Gasteiger partial charge is 0.496 e. The zero-order chi connectivity index (χ0) is 26.9. The van der Waals surface area contributed by atoms with E-state index in [0.29, 0.717) is 48.0 Å². The number of fused-ring (bicyclic) bond motifs is 2. The van der Waals surface area contributed by atoms with Gasteiger partial charge < -0.3 is 19.1 Å². The number of hydrogen-bond donors (Lipinski definition) is 1. The second-order valence-electron chi connectivity index (χ2n) is 10.3. The van der Waals surface area contributed by atoms with Gasteiger partial charge in [-0.2, -0.15) is 5.10 Å². The molecular weight excluding hydrogens is 484 g/mol. The van der Waals surface area contributed by atoms with Gasteiger partial charge in [-0.15, -0.1) is 0 Å². The lowest BCUT2D eigenvalue weighted by Gasteiger charge is -2.35. The molecule has 9 nitrogen and oxygen atoms in total. The number of H-pyrrole nitrogens is 1. The van der Waals surface area contributed by atoms with Crippen LogP contribution in [-0.4, -0.2) is 77.3 Å². The summed E-state index contributed by atoms with van der Waals surface area (Å²) >= 11 is 0. The zero-order valence-corrected chi connectivity index (χ0v) is 22.1. The van der Waals surface area contributed by atoms with E-state index in [2.05, 4.69) is 15.1 Å². The SMILES string of the molecule is COc1ccc2c(c1C=CCN1CCN(C(=O)OC(C)(C)C)CC1)OC(=Cc1n[nH]c3ccccc13)C2=O. The molecule has 0 saturated carbocycles. The maximum absolute atomic E-state index is 13.2. The Morgan fingerprint density at radius 1 is 1.13 bits per heavy atom. The van der Waals surface area contributed by atoms with E-state index in [-0.39, 0.29) is 17.6 Å². The Balaban J connectivity index is 1.29. The summed E-state index contributed by atoms with van der Waals surface area (Å²) in [4.78, 5) is 29.5. The van der Waals surface area contributed by atoms with Gasteiger partial charge in [0, 0.05) is 44.2 Å². The van der Waals surface area contributed by atoms with Gasteiger partial charge in [0.05, 0.1) is 29.4 Å². The molecule has 3 aromatic rings. The van der Waals surface area contributed by atoms with Crippen molar-refractivity contribution in [2.45, 2.75) is 26.4 Å². The maximum atomic E-state index is 13.2. The topological polar surface area (TPSA) is 97.0 Å². The lowest BCUT2D eigenvalue weighted by Crippen LogP contribution is -2.49. The van der Waals surface area contributed by atoms with E-state index in [1.54, 1.807) is 30.2 Å². The van der Waals surface area contributed by atoms with Crippen LogP contribution >= 0.6 is 0 Å². The van der Waals surface area contributed by atoms with E-state index in [0.717, 1.165) is 24.0 Å². The van der Waals surface area contributed by atoms with E-state index in [1.165, 1.54) is 0 Å². The van der Waals surface area contributed by atoms with Crippen LogP contribution in [0.4, 0.5) is 4.79 Å². The van der Waals surface area contributed by atoms with Gasteiger partial charge in [-0.05, 0) is 39.0 Å². The summed E-state index contributed by atoms with van der Waals surface area (Å²) in [6, 6.07) is 11.2. The number of aromatic amines is 1. The normalized spacial score (nSPS) is 17.3. The van der Waals surface area contributed by atoms with Gasteiger partial charge in [-0.25, -0.2) is 4.79 Å². The summed E-state index contributed by atoms with van der Waals surface area (Å²) in [6.45, 7) is 9.01. The Bertz CT molecular complexity index is 1420. The number of amides is 1. The molecule has 1 N–H and O–H groups in total. The van der Waals surface area contributed by atoms with Crippen LogP contribution in [0.15, 0.2) is 48.2 Å². The van der Waals surface area contributed by atoms with Crippen LogP contribution in [0.2, 0.25) is 0 Å². The Morgan fingerprint density at radius 2 is 1.89 bits per heavy atom. The smallest absolute Gasteiger partial charge is 0.410 e. The van der Waals surface area contributed by atoms with Gasteiger partial charge in [0.2, 0.25) is 5.78 Å². The number of nitrogens with one attached hydrogen (secondary N) is 1. The Labute approximate surface area is 221 Å². The summed E-state index contributed by atoms with van der Waals surface area (Å²) < 4.78 is 17.1. The quantitative estimate of drug-likeness (QED) is 0.489. The average molecular weight is 517 g/mol. The van der Waals surface area contributed by atoms with Crippen molar-refractivity contribution in [1.82, 2.24) is 20.0 Å². The van der Waals surface area contributed by atoms with Gasteiger partial charge >= 0.3 is 6.09 Å². The number of ketones is 1. The van der Waals surface area contributed by atoms with Crippen LogP contribution in [0.25, 0.3) is 23.1 Å². The molecule has 1 saturated heterocycles. The fraction of sp³-hybridized carbons (Fsp3) is 0.345. The number of nitrogens with zero attached hydrogens (tertiary/aromatic N) is 3. The first-order valence-corrected chi connectivity index (χ1v) is 12.7. The molecule has 38 heavy (non-hydrogen) atoms. The average Bonchev–Trinajstić information content (AvgIpc) is 3.44. The van der Waals surface area contributed by atoms with E-state index in [1.807, 2.05) is 57.2 Å². The third-order valence-electron chi connectivity index (χ3n) is 6.50. The lowest BCUT2D eigenvalue weighted by atomic mass is 10.0. The Morgan fingerprint density at radius 3 is 2.63 bits per heavy atom. The number of allylic oxidation sites excluding steroid dienone is 1. The first-order chi connectivity index (χ1) is 18.2. The molecule has 5 rings (SSSR count).